The van der Waals surface area contributed by atoms with Gasteiger partial charge in [0, 0.05) is 38.3 Å². The van der Waals surface area contributed by atoms with Gasteiger partial charge in [-0.25, -0.2) is 4.39 Å². The molecule has 1 aliphatic carbocycles. The highest BCUT2D eigenvalue weighted by Gasteiger charge is 2.29. The summed E-state index contributed by atoms with van der Waals surface area (Å²) < 4.78 is 24.0. The van der Waals surface area contributed by atoms with Crippen LogP contribution in [0.5, 0.6) is 11.5 Å². The zero-order chi connectivity index (χ0) is 20.4. The van der Waals surface area contributed by atoms with Crippen molar-refractivity contribution in [3.63, 3.8) is 0 Å². The number of ether oxygens (including phenoxy) is 2. The quantitative estimate of drug-likeness (QED) is 0.772. The molecule has 1 saturated heterocycles. The van der Waals surface area contributed by atoms with E-state index in [0.717, 1.165) is 43.1 Å². The van der Waals surface area contributed by atoms with Gasteiger partial charge in [0.2, 0.25) is 5.91 Å². The van der Waals surface area contributed by atoms with Crippen molar-refractivity contribution in [2.24, 2.45) is 0 Å². The zero-order valence-corrected chi connectivity index (χ0v) is 17.0. The molecule has 0 radical (unpaired) electrons. The topological polar surface area (TPSA) is 42.0 Å². The number of amides is 1. The standard InChI is InChI=1S/C23H27FN2O3/c1-28-21-13-16-3-4-17(20(16)15-22(21)29-2)14-23(27)26-11-9-25(10-12-26)19-7-5-18(24)6-8-19/h5-8,13,15,17H,3-4,9-12,14H2,1-2H3. The van der Waals surface area contributed by atoms with Crippen molar-refractivity contribution in [3.05, 3.63) is 53.3 Å². The Kier molecular flexibility index (Phi) is 5.60. The van der Waals surface area contributed by atoms with E-state index in [4.69, 9.17) is 9.47 Å². The third-order valence-electron chi connectivity index (χ3n) is 6.09. The second-order valence-electron chi connectivity index (χ2n) is 7.69. The Hall–Kier alpha value is -2.76. The summed E-state index contributed by atoms with van der Waals surface area (Å²) in [6, 6.07) is 10.6. The maximum absolute atomic E-state index is 13.1. The van der Waals surface area contributed by atoms with Gasteiger partial charge in [-0.3, -0.25) is 4.79 Å². The Balaban J connectivity index is 1.37. The lowest BCUT2D eigenvalue weighted by atomic mass is 9.96. The first-order valence-corrected chi connectivity index (χ1v) is 10.1. The summed E-state index contributed by atoms with van der Waals surface area (Å²) in [6.45, 7) is 2.93. The van der Waals surface area contributed by atoms with Gasteiger partial charge in [-0.15, -0.1) is 0 Å². The molecule has 1 heterocycles. The average molecular weight is 398 g/mol. The third kappa shape index (κ3) is 4.02. The lowest BCUT2D eigenvalue weighted by molar-refractivity contribution is -0.131. The number of halogens is 1. The van der Waals surface area contributed by atoms with E-state index >= 15 is 0 Å². The maximum atomic E-state index is 13.1. The highest BCUT2D eigenvalue weighted by molar-refractivity contribution is 5.78. The van der Waals surface area contributed by atoms with Crippen molar-refractivity contribution in [3.8, 4) is 11.5 Å². The van der Waals surface area contributed by atoms with Gasteiger partial charge >= 0.3 is 0 Å². The zero-order valence-electron chi connectivity index (χ0n) is 17.0. The Morgan fingerprint density at radius 2 is 1.69 bits per heavy atom. The van der Waals surface area contributed by atoms with Crippen molar-refractivity contribution in [1.82, 2.24) is 4.90 Å². The molecule has 6 heteroatoms. The number of fused-ring (bicyclic) bond motifs is 1. The van der Waals surface area contributed by atoms with Gasteiger partial charge in [0.15, 0.2) is 11.5 Å². The van der Waals surface area contributed by atoms with E-state index in [1.54, 1.807) is 26.4 Å². The minimum absolute atomic E-state index is 0.205. The molecule has 0 bridgehead atoms. The van der Waals surface area contributed by atoms with Crippen LogP contribution >= 0.6 is 0 Å². The normalized spacial score (nSPS) is 18.5. The van der Waals surface area contributed by atoms with Crippen molar-refractivity contribution in [2.75, 3.05) is 45.3 Å². The number of carbonyl (C=O) groups is 1. The van der Waals surface area contributed by atoms with Gasteiger partial charge in [0.05, 0.1) is 14.2 Å². The van der Waals surface area contributed by atoms with E-state index in [1.165, 1.54) is 23.3 Å². The van der Waals surface area contributed by atoms with Crippen molar-refractivity contribution in [1.29, 1.82) is 0 Å². The number of anilines is 1. The molecule has 5 nitrogen and oxygen atoms in total. The Bertz CT molecular complexity index is 876. The predicted octanol–water partition coefficient (Wildman–Crippen LogP) is 3.61. The predicted molar refractivity (Wildman–Crippen MR) is 110 cm³/mol. The second kappa shape index (κ2) is 8.31. The molecule has 0 N–H and O–H groups in total. The molecule has 1 amide bonds. The van der Waals surface area contributed by atoms with E-state index in [0.29, 0.717) is 19.5 Å². The van der Waals surface area contributed by atoms with Gasteiger partial charge in [-0.1, -0.05) is 0 Å². The van der Waals surface area contributed by atoms with Crippen LogP contribution in [-0.2, 0) is 11.2 Å². The molecule has 2 aliphatic rings. The second-order valence-corrected chi connectivity index (χ2v) is 7.69. The summed E-state index contributed by atoms with van der Waals surface area (Å²) in [5, 5.41) is 0. The number of hydrogen-bond acceptors (Lipinski definition) is 4. The van der Waals surface area contributed by atoms with Gasteiger partial charge in [0.1, 0.15) is 5.82 Å². The Morgan fingerprint density at radius 1 is 1.03 bits per heavy atom. The van der Waals surface area contributed by atoms with Crippen molar-refractivity contribution >= 4 is 11.6 Å². The summed E-state index contributed by atoms with van der Waals surface area (Å²) in [7, 11) is 3.28. The minimum atomic E-state index is -0.228. The molecule has 0 aromatic heterocycles. The summed E-state index contributed by atoms with van der Waals surface area (Å²) >= 11 is 0. The van der Waals surface area contributed by atoms with E-state index in [1.807, 2.05) is 17.0 Å². The molecular formula is C23H27FN2O3. The first-order chi connectivity index (χ1) is 14.1. The molecule has 1 unspecified atom stereocenters. The molecule has 1 aliphatic heterocycles. The van der Waals surface area contributed by atoms with E-state index in [9.17, 15) is 9.18 Å². The first kappa shape index (κ1) is 19.6. The molecule has 1 fully saturated rings. The molecule has 154 valence electrons. The SMILES string of the molecule is COc1cc2c(cc1OC)C(CC(=O)N1CCN(c3ccc(F)cc3)CC1)CC2. The third-order valence-corrected chi connectivity index (χ3v) is 6.09. The number of aryl methyl sites for hydroxylation is 1. The summed E-state index contributed by atoms with van der Waals surface area (Å²) in [5.74, 6) is 1.67. The lowest BCUT2D eigenvalue weighted by Gasteiger charge is -2.36. The number of hydrogen-bond donors (Lipinski definition) is 0. The fraction of sp³-hybridized carbons (Fsp3) is 0.435. The Morgan fingerprint density at radius 3 is 2.34 bits per heavy atom. The van der Waals surface area contributed by atoms with Gasteiger partial charge < -0.3 is 19.3 Å². The van der Waals surface area contributed by atoms with E-state index in [2.05, 4.69) is 4.90 Å². The molecule has 29 heavy (non-hydrogen) atoms. The monoisotopic (exact) mass is 398 g/mol. The van der Waals surface area contributed by atoms with Crippen molar-refractivity contribution < 1.29 is 18.7 Å². The molecule has 0 spiro atoms. The fourth-order valence-corrected chi connectivity index (χ4v) is 4.44. The highest BCUT2D eigenvalue weighted by Crippen LogP contribution is 2.42. The number of nitrogens with zero attached hydrogens (tertiary/aromatic N) is 2. The van der Waals surface area contributed by atoms with E-state index < -0.39 is 0 Å². The van der Waals surface area contributed by atoms with Gasteiger partial charge in [-0.05, 0) is 66.3 Å². The van der Waals surface area contributed by atoms with Crippen LogP contribution in [0.4, 0.5) is 10.1 Å². The van der Waals surface area contributed by atoms with Gasteiger partial charge in [-0.2, -0.15) is 0 Å². The largest absolute Gasteiger partial charge is 0.493 e. The van der Waals surface area contributed by atoms with Crippen LogP contribution < -0.4 is 14.4 Å². The van der Waals surface area contributed by atoms with Crippen LogP contribution in [0.1, 0.15) is 29.9 Å². The van der Waals surface area contributed by atoms with Gasteiger partial charge in [0.25, 0.3) is 0 Å². The van der Waals surface area contributed by atoms with E-state index in [-0.39, 0.29) is 17.6 Å². The van der Waals surface area contributed by atoms with Crippen LogP contribution in [-0.4, -0.2) is 51.2 Å². The number of carbonyl (C=O) groups excluding carboxylic acids is 1. The number of piperazine rings is 1. The minimum Gasteiger partial charge on any atom is -0.493 e. The van der Waals surface area contributed by atoms with Crippen LogP contribution in [0.2, 0.25) is 0 Å². The molecule has 0 saturated carbocycles. The number of rotatable bonds is 5. The molecule has 1 atom stereocenters. The lowest BCUT2D eigenvalue weighted by Crippen LogP contribution is -2.49. The summed E-state index contributed by atoms with van der Waals surface area (Å²) in [6.07, 6.45) is 2.47. The maximum Gasteiger partial charge on any atom is 0.223 e. The van der Waals surface area contributed by atoms with Crippen molar-refractivity contribution in [2.45, 2.75) is 25.2 Å². The molecule has 2 aromatic carbocycles. The number of benzene rings is 2. The molecule has 2 aromatic rings. The summed E-state index contributed by atoms with van der Waals surface area (Å²) in [4.78, 5) is 17.1. The smallest absolute Gasteiger partial charge is 0.223 e. The fourth-order valence-electron chi connectivity index (χ4n) is 4.44. The first-order valence-electron chi connectivity index (χ1n) is 10.1. The van der Waals surface area contributed by atoms with Crippen LogP contribution in [0, 0.1) is 5.82 Å². The van der Waals surface area contributed by atoms with Crippen LogP contribution in [0.15, 0.2) is 36.4 Å². The number of methoxy groups -OCH3 is 2. The average Bonchev–Trinajstić information content (AvgIpc) is 3.14. The summed E-state index contributed by atoms with van der Waals surface area (Å²) in [5.41, 5.74) is 3.46. The molecule has 4 rings (SSSR count). The van der Waals surface area contributed by atoms with Crippen LogP contribution in [0.25, 0.3) is 0 Å². The van der Waals surface area contributed by atoms with Crippen LogP contribution in [0.3, 0.4) is 0 Å². The highest BCUT2D eigenvalue weighted by atomic mass is 19.1. The molecular weight excluding hydrogens is 371 g/mol. The Labute approximate surface area is 171 Å².